The van der Waals surface area contributed by atoms with Crippen molar-refractivity contribution in [1.82, 2.24) is 29.3 Å². The van der Waals surface area contributed by atoms with E-state index in [4.69, 9.17) is 61.6 Å². The van der Waals surface area contributed by atoms with Crippen molar-refractivity contribution in [3.63, 3.8) is 0 Å². The maximum atomic E-state index is 12.5. The van der Waals surface area contributed by atoms with E-state index in [0.717, 1.165) is 20.1 Å². The Morgan fingerprint density at radius 3 is 1.44 bits per heavy atom. The zero-order chi connectivity index (χ0) is 37.9. The molecule has 24 heteroatoms. The minimum Gasteiger partial charge on any atom is -0.398 e. The molecule has 3 aromatic rings. The van der Waals surface area contributed by atoms with Crippen molar-refractivity contribution in [3.8, 4) is 24.3 Å². The number of nitriles is 4. The molecule has 2 N–H and O–H groups in total. The summed E-state index contributed by atoms with van der Waals surface area (Å²) in [4.78, 5) is 11.3. The average molecular weight is 753 g/mol. The molecule has 0 aliphatic heterocycles. The van der Waals surface area contributed by atoms with Gasteiger partial charge in [0.2, 0.25) is 0 Å². The van der Waals surface area contributed by atoms with Crippen molar-refractivity contribution < 1.29 is 44.3 Å². The summed E-state index contributed by atoms with van der Waals surface area (Å²) in [6.07, 6.45) is -14.0. The van der Waals surface area contributed by atoms with Crippen LogP contribution in [-0.2, 0) is 39.7 Å². The third kappa shape index (κ3) is 11.1. The number of Topliss-reactive ketones (excluding diaryl/α,β-unsaturated/α-hetero) is 1. The van der Waals surface area contributed by atoms with Gasteiger partial charge in [-0.05, 0) is 0 Å². The number of hydrogen-bond acceptors (Lipinski definition) is 9. The number of aryl methyl sites for hydroxylation is 3. The van der Waals surface area contributed by atoms with Gasteiger partial charge in [0.1, 0.15) is 27.1 Å². The van der Waals surface area contributed by atoms with E-state index in [1.165, 1.54) is 46.3 Å². The summed E-state index contributed by atoms with van der Waals surface area (Å²) in [6.45, 7) is 1.43. The Kier molecular flexibility index (Phi) is 15.5. The Balaban J connectivity index is 0.000000665. The number of rotatable bonds is 3. The van der Waals surface area contributed by atoms with E-state index in [0.29, 0.717) is 0 Å². The van der Waals surface area contributed by atoms with Crippen molar-refractivity contribution in [2.75, 3.05) is 0 Å². The van der Waals surface area contributed by atoms with Crippen LogP contribution >= 0.6 is 34.8 Å². The van der Waals surface area contributed by atoms with Crippen LogP contribution in [0.25, 0.3) is 5.70 Å². The number of aromatic nitrogens is 6. The molecule has 0 saturated carbocycles. The lowest BCUT2D eigenvalue weighted by molar-refractivity contribution is -0.142. The summed E-state index contributed by atoms with van der Waals surface area (Å²) < 4.78 is 114. The molecule has 0 radical (unpaired) electrons. The Hall–Kier alpha value is -4.96. The normalized spacial score (nSPS) is 11.2. The van der Waals surface area contributed by atoms with Crippen LogP contribution in [0.5, 0.6) is 0 Å². The van der Waals surface area contributed by atoms with Crippen LogP contribution in [0.15, 0.2) is 6.08 Å². The SMILES string of the molecule is CC#N.Cn1nc(C(F)(F)F)c(/C(N)=C/C#N)c1Cl.Cn1nc(C(F)(F)F)c(C#N)c1Cl.Cn1nc(C(F)(F)F)c(C(=O)CC#N)c1Cl. The average Bonchev–Trinajstić information content (AvgIpc) is 3.55. The summed E-state index contributed by atoms with van der Waals surface area (Å²) in [5, 5.41) is 40.7. The van der Waals surface area contributed by atoms with Crippen LogP contribution < -0.4 is 5.73 Å². The van der Waals surface area contributed by atoms with Crippen LogP contribution in [0.3, 0.4) is 0 Å². The van der Waals surface area contributed by atoms with Crippen LogP contribution in [-0.4, -0.2) is 35.1 Å². The first-order valence-corrected chi connectivity index (χ1v) is 12.9. The maximum Gasteiger partial charge on any atom is 0.436 e. The number of halogens is 12. The molecule has 0 unspecified atom stereocenters. The van der Waals surface area contributed by atoms with E-state index in [1.54, 1.807) is 6.07 Å². The van der Waals surface area contributed by atoms with E-state index in [1.807, 2.05) is 0 Å². The number of nitrogens with two attached hydrogens (primary N) is 1. The molecule has 0 aliphatic carbocycles. The maximum absolute atomic E-state index is 12.5. The minimum absolute atomic E-state index is 0.267. The fraction of sp³-hybridized carbons (Fsp3) is 0.333. The monoisotopic (exact) mass is 751 g/mol. The fourth-order valence-electron chi connectivity index (χ4n) is 3.01. The number of ketones is 1. The Morgan fingerprint density at radius 1 is 0.750 bits per heavy atom. The molecular formula is C24H17Cl3F9N11O. The molecule has 0 atom stereocenters. The van der Waals surface area contributed by atoms with Crippen molar-refractivity contribution in [2.24, 2.45) is 26.9 Å². The zero-order valence-electron chi connectivity index (χ0n) is 24.3. The van der Waals surface area contributed by atoms with Gasteiger partial charge in [0.25, 0.3) is 0 Å². The van der Waals surface area contributed by atoms with Crippen molar-refractivity contribution in [1.29, 1.82) is 21.0 Å². The Bertz CT molecular complexity index is 1820. The molecule has 12 nitrogen and oxygen atoms in total. The van der Waals surface area contributed by atoms with Gasteiger partial charge in [0.05, 0.1) is 41.5 Å². The molecule has 3 rings (SSSR count). The highest BCUT2D eigenvalue weighted by molar-refractivity contribution is 6.33. The molecule has 3 aromatic heterocycles. The number of nitrogens with zero attached hydrogens (tertiary/aromatic N) is 10. The Morgan fingerprint density at radius 2 is 1.10 bits per heavy atom. The molecule has 0 saturated heterocycles. The molecule has 3 heterocycles. The number of alkyl halides is 9. The zero-order valence-corrected chi connectivity index (χ0v) is 26.5. The number of allylic oxidation sites excluding steroid dienone is 1. The standard InChI is InChI=1S/C8H6ClF3N4.C8H5ClF3N3O.C6H3ClF3N3.C2H3N/c1-16-7(9)5(4(14)2-3-13)6(15-16)8(10,11)12;1-15-7(9)5(4(16)2-3-13)6(14-15)8(10,11)12;1-13-5(7)3(2-11)4(12-13)6(8,9)10;1-2-3/h2H,14H2,1H3;2H2,1H3;1H3;1H3/b4-2-;;;. The summed E-state index contributed by atoms with van der Waals surface area (Å²) in [5.41, 5.74) is -0.730. The van der Waals surface area contributed by atoms with E-state index < -0.39 is 69.7 Å². The van der Waals surface area contributed by atoms with Gasteiger partial charge in [-0.2, -0.15) is 75.9 Å². The number of carbonyl (C=O) groups is 1. The van der Waals surface area contributed by atoms with Gasteiger partial charge in [0, 0.05) is 34.1 Å². The van der Waals surface area contributed by atoms with Crippen LogP contribution in [0.4, 0.5) is 39.5 Å². The lowest BCUT2D eigenvalue weighted by Gasteiger charge is -2.05. The predicted octanol–water partition coefficient (Wildman–Crippen LogP) is 6.60. The highest BCUT2D eigenvalue weighted by Gasteiger charge is 2.41. The van der Waals surface area contributed by atoms with Gasteiger partial charge < -0.3 is 5.73 Å². The summed E-state index contributed by atoms with van der Waals surface area (Å²) >= 11 is 16.5. The van der Waals surface area contributed by atoms with Crippen LogP contribution in [0.1, 0.15) is 51.9 Å². The lowest BCUT2D eigenvalue weighted by Crippen LogP contribution is -2.12. The molecule has 0 amide bonds. The first-order valence-electron chi connectivity index (χ1n) is 11.7. The van der Waals surface area contributed by atoms with Crippen molar-refractivity contribution in [3.05, 3.63) is 55.3 Å². The van der Waals surface area contributed by atoms with E-state index in [2.05, 4.69) is 15.3 Å². The molecule has 0 bridgehead atoms. The summed E-state index contributed by atoms with van der Waals surface area (Å²) in [7, 11) is 3.67. The van der Waals surface area contributed by atoms with Gasteiger partial charge in [0.15, 0.2) is 22.9 Å². The smallest absolute Gasteiger partial charge is 0.398 e. The fourth-order valence-corrected chi connectivity index (χ4v) is 3.65. The summed E-state index contributed by atoms with van der Waals surface area (Å²) in [5.74, 6) is -0.993. The Labute approximate surface area is 279 Å². The first-order chi connectivity index (χ1) is 21.9. The molecule has 0 fully saturated rings. The third-order valence-corrected chi connectivity index (χ3v) is 6.18. The van der Waals surface area contributed by atoms with Gasteiger partial charge in [-0.25, -0.2) is 0 Å². The number of carbonyl (C=O) groups excluding carboxylic acids is 1. The van der Waals surface area contributed by atoms with Gasteiger partial charge in [-0.1, -0.05) is 34.8 Å². The topological polar surface area (TPSA) is 192 Å². The summed E-state index contributed by atoms with van der Waals surface area (Å²) in [6, 6.07) is 6.11. The second-order valence-electron chi connectivity index (χ2n) is 8.23. The molecule has 0 aliphatic rings. The van der Waals surface area contributed by atoms with Gasteiger partial charge >= 0.3 is 18.5 Å². The quantitative estimate of drug-likeness (QED) is 0.174. The molecular weight excluding hydrogens is 736 g/mol. The molecule has 0 spiro atoms. The first kappa shape index (κ1) is 43.0. The van der Waals surface area contributed by atoms with Gasteiger partial charge in [-0.3, -0.25) is 18.8 Å². The molecule has 48 heavy (non-hydrogen) atoms. The van der Waals surface area contributed by atoms with Gasteiger partial charge in [-0.15, -0.1) is 0 Å². The molecule has 258 valence electrons. The van der Waals surface area contributed by atoms with Crippen LogP contribution in [0.2, 0.25) is 15.5 Å². The van der Waals surface area contributed by atoms with Crippen molar-refractivity contribution in [2.45, 2.75) is 31.9 Å². The second-order valence-corrected chi connectivity index (χ2v) is 9.30. The highest BCUT2D eigenvalue weighted by atomic mass is 35.5. The lowest BCUT2D eigenvalue weighted by atomic mass is 10.1. The van der Waals surface area contributed by atoms with E-state index >= 15 is 0 Å². The van der Waals surface area contributed by atoms with Crippen LogP contribution in [0, 0.1) is 45.3 Å². The third-order valence-electron chi connectivity index (χ3n) is 4.88. The number of hydrogen-bond donors (Lipinski definition) is 1. The van der Waals surface area contributed by atoms with E-state index in [9.17, 15) is 44.3 Å². The van der Waals surface area contributed by atoms with Crippen molar-refractivity contribution >= 4 is 46.3 Å². The largest absolute Gasteiger partial charge is 0.436 e. The second kappa shape index (κ2) is 17.3. The predicted molar refractivity (Wildman–Crippen MR) is 148 cm³/mol. The van der Waals surface area contributed by atoms with E-state index in [-0.39, 0.29) is 16.0 Å². The molecule has 0 aromatic carbocycles. The highest BCUT2D eigenvalue weighted by Crippen LogP contribution is 2.37. The minimum atomic E-state index is -4.77.